The number of piperidine rings is 2. The maximum atomic E-state index is 5.93. The fraction of sp³-hybridized carbons (Fsp3) is 0.714. The normalized spacial score (nSPS) is 22.7. The highest BCUT2D eigenvalue weighted by Gasteiger charge is 2.27. The van der Waals surface area contributed by atoms with Crippen LogP contribution in [0.3, 0.4) is 0 Å². The van der Waals surface area contributed by atoms with E-state index in [4.69, 9.17) is 11.6 Å². The second kappa shape index (κ2) is 6.06. The molecular weight excluding hydrogens is 260 g/mol. The highest BCUT2D eigenvalue weighted by Crippen LogP contribution is 2.32. The third-order valence-corrected chi connectivity index (χ3v) is 4.74. The zero-order valence-electron chi connectivity index (χ0n) is 11.2. The Hall–Kier alpha value is -0.870. The summed E-state index contributed by atoms with van der Waals surface area (Å²) in [6.45, 7) is 4.60. The SMILES string of the molecule is Clc1cc(N2CCC(C3CCNCC3)CC2)ncn1. The van der Waals surface area contributed by atoms with Crippen molar-refractivity contribution in [2.45, 2.75) is 25.7 Å². The minimum Gasteiger partial charge on any atom is -0.356 e. The van der Waals surface area contributed by atoms with Gasteiger partial charge in [-0.3, -0.25) is 0 Å². The lowest BCUT2D eigenvalue weighted by atomic mass is 9.79. The monoisotopic (exact) mass is 280 g/mol. The molecule has 2 aliphatic rings. The molecule has 2 aliphatic heterocycles. The van der Waals surface area contributed by atoms with Gasteiger partial charge < -0.3 is 10.2 Å². The zero-order chi connectivity index (χ0) is 13.1. The third kappa shape index (κ3) is 3.18. The number of nitrogens with zero attached hydrogens (tertiary/aromatic N) is 3. The van der Waals surface area contributed by atoms with Gasteiger partial charge >= 0.3 is 0 Å². The highest BCUT2D eigenvalue weighted by molar-refractivity contribution is 6.29. The third-order valence-electron chi connectivity index (χ3n) is 4.53. The van der Waals surface area contributed by atoms with Gasteiger partial charge in [0.25, 0.3) is 0 Å². The summed E-state index contributed by atoms with van der Waals surface area (Å²) in [5.74, 6) is 2.80. The summed E-state index contributed by atoms with van der Waals surface area (Å²) < 4.78 is 0. The summed E-state index contributed by atoms with van der Waals surface area (Å²) in [6.07, 6.45) is 6.82. The molecule has 3 heterocycles. The molecule has 0 amide bonds. The predicted molar refractivity (Wildman–Crippen MR) is 77.6 cm³/mol. The molecule has 4 nitrogen and oxygen atoms in total. The average Bonchev–Trinajstić information content (AvgIpc) is 2.48. The number of anilines is 1. The van der Waals surface area contributed by atoms with Crippen molar-refractivity contribution in [3.8, 4) is 0 Å². The van der Waals surface area contributed by atoms with Crippen LogP contribution < -0.4 is 10.2 Å². The van der Waals surface area contributed by atoms with E-state index in [0.29, 0.717) is 5.15 Å². The Morgan fingerprint density at radius 1 is 1.05 bits per heavy atom. The molecule has 0 radical (unpaired) electrons. The van der Waals surface area contributed by atoms with Gasteiger partial charge in [-0.05, 0) is 50.6 Å². The zero-order valence-corrected chi connectivity index (χ0v) is 11.9. The fourth-order valence-electron chi connectivity index (χ4n) is 3.41. The van der Waals surface area contributed by atoms with E-state index in [1.54, 1.807) is 6.33 Å². The number of rotatable bonds is 2. The van der Waals surface area contributed by atoms with Gasteiger partial charge in [-0.2, -0.15) is 0 Å². The average molecular weight is 281 g/mol. The van der Waals surface area contributed by atoms with Gasteiger partial charge in [0.2, 0.25) is 0 Å². The minimum atomic E-state index is 0.533. The molecule has 104 valence electrons. The molecular formula is C14H21ClN4. The van der Waals surface area contributed by atoms with Crippen LogP contribution in [-0.2, 0) is 0 Å². The van der Waals surface area contributed by atoms with Crippen LogP contribution in [0.1, 0.15) is 25.7 Å². The maximum absolute atomic E-state index is 5.93. The summed E-state index contributed by atoms with van der Waals surface area (Å²) >= 11 is 5.93. The molecule has 5 heteroatoms. The van der Waals surface area contributed by atoms with E-state index in [9.17, 15) is 0 Å². The Bertz CT molecular complexity index is 412. The van der Waals surface area contributed by atoms with Crippen LogP contribution >= 0.6 is 11.6 Å². The summed E-state index contributed by atoms with van der Waals surface area (Å²) in [5, 5.41) is 3.99. The molecule has 3 rings (SSSR count). The molecule has 0 aliphatic carbocycles. The van der Waals surface area contributed by atoms with Crippen LogP contribution in [-0.4, -0.2) is 36.1 Å². The molecule has 0 spiro atoms. The smallest absolute Gasteiger partial charge is 0.134 e. The van der Waals surface area contributed by atoms with E-state index in [0.717, 1.165) is 30.7 Å². The molecule has 2 saturated heterocycles. The molecule has 1 N–H and O–H groups in total. The van der Waals surface area contributed by atoms with Crippen LogP contribution in [0.25, 0.3) is 0 Å². The van der Waals surface area contributed by atoms with E-state index in [2.05, 4.69) is 20.2 Å². The van der Waals surface area contributed by atoms with E-state index < -0.39 is 0 Å². The minimum absolute atomic E-state index is 0.533. The second-order valence-electron chi connectivity index (χ2n) is 5.61. The van der Waals surface area contributed by atoms with E-state index in [1.165, 1.54) is 38.8 Å². The van der Waals surface area contributed by atoms with Crippen LogP contribution in [0, 0.1) is 11.8 Å². The lowest BCUT2D eigenvalue weighted by molar-refractivity contribution is 0.221. The first-order chi connectivity index (χ1) is 9.33. The van der Waals surface area contributed by atoms with Gasteiger partial charge in [-0.25, -0.2) is 9.97 Å². The van der Waals surface area contributed by atoms with Gasteiger partial charge in [-0.15, -0.1) is 0 Å². The number of aromatic nitrogens is 2. The van der Waals surface area contributed by atoms with Crippen molar-refractivity contribution in [1.82, 2.24) is 15.3 Å². The lowest BCUT2D eigenvalue weighted by Gasteiger charge is -2.38. The number of hydrogen-bond donors (Lipinski definition) is 1. The number of halogens is 1. The van der Waals surface area contributed by atoms with Crippen LogP contribution in [0.15, 0.2) is 12.4 Å². The van der Waals surface area contributed by atoms with E-state index in [-0.39, 0.29) is 0 Å². The first-order valence-corrected chi connectivity index (χ1v) is 7.64. The van der Waals surface area contributed by atoms with Crippen molar-refractivity contribution in [3.63, 3.8) is 0 Å². The summed E-state index contributed by atoms with van der Waals surface area (Å²) in [5.41, 5.74) is 0. The van der Waals surface area contributed by atoms with Crippen molar-refractivity contribution in [3.05, 3.63) is 17.5 Å². The quantitative estimate of drug-likeness (QED) is 0.845. The van der Waals surface area contributed by atoms with E-state index >= 15 is 0 Å². The van der Waals surface area contributed by atoms with Crippen LogP contribution in [0.4, 0.5) is 5.82 Å². The van der Waals surface area contributed by atoms with Gasteiger partial charge in [0.15, 0.2) is 0 Å². The Morgan fingerprint density at radius 3 is 2.42 bits per heavy atom. The maximum Gasteiger partial charge on any atom is 0.134 e. The molecule has 0 saturated carbocycles. The molecule has 0 unspecified atom stereocenters. The fourth-order valence-corrected chi connectivity index (χ4v) is 3.55. The standard InChI is InChI=1S/C14H21ClN4/c15-13-9-14(18-10-17-13)19-7-3-12(4-8-19)11-1-5-16-6-2-11/h9-12,16H,1-8H2. The number of nitrogens with one attached hydrogen (secondary N) is 1. The first-order valence-electron chi connectivity index (χ1n) is 7.26. The molecule has 1 aromatic heterocycles. The van der Waals surface area contributed by atoms with Gasteiger partial charge in [-0.1, -0.05) is 11.6 Å². The highest BCUT2D eigenvalue weighted by atomic mass is 35.5. The van der Waals surface area contributed by atoms with Crippen LogP contribution in [0.2, 0.25) is 5.15 Å². The summed E-state index contributed by atoms with van der Waals surface area (Å²) in [6, 6.07) is 1.87. The summed E-state index contributed by atoms with van der Waals surface area (Å²) in [4.78, 5) is 10.6. The summed E-state index contributed by atoms with van der Waals surface area (Å²) in [7, 11) is 0. The Balaban J connectivity index is 1.57. The Kier molecular flexibility index (Phi) is 4.18. The van der Waals surface area contributed by atoms with Crippen LogP contribution in [0.5, 0.6) is 0 Å². The Morgan fingerprint density at radius 2 is 1.74 bits per heavy atom. The van der Waals surface area contributed by atoms with Crippen molar-refractivity contribution >= 4 is 17.4 Å². The molecule has 0 bridgehead atoms. The predicted octanol–water partition coefficient (Wildman–Crippen LogP) is 2.35. The Labute approximate surface area is 119 Å². The molecule has 2 fully saturated rings. The van der Waals surface area contributed by atoms with E-state index in [1.807, 2.05) is 6.07 Å². The second-order valence-corrected chi connectivity index (χ2v) is 6.00. The number of hydrogen-bond acceptors (Lipinski definition) is 4. The van der Waals surface area contributed by atoms with Crippen molar-refractivity contribution < 1.29 is 0 Å². The molecule has 1 aromatic rings. The van der Waals surface area contributed by atoms with Crippen molar-refractivity contribution in [1.29, 1.82) is 0 Å². The lowest BCUT2D eigenvalue weighted by Crippen LogP contribution is -2.39. The van der Waals surface area contributed by atoms with Crippen molar-refractivity contribution in [2.75, 3.05) is 31.1 Å². The molecule has 0 aromatic carbocycles. The topological polar surface area (TPSA) is 41.0 Å². The van der Waals surface area contributed by atoms with Gasteiger partial charge in [0.1, 0.15) is 17.3 Å². The molecule has 0 atom stereocenters. The largest absolute Gasteiger partial charge is 0.356 e. The molecule has 19 heavy (non-hydrogen) atoms. The van der Waals surface area contributed by atoms with Gasteiger partial charge in [0.05, 0.1) is 0 Å². The van der Waals surface area contributed by atoms with Gasteiger partial charge in [0, 0.05) is 19.2 Å². The first kappa shape index (κ1) is 13.1. The van der Waals surface area contributed by atoms with Crippen molar-refractivity contribution in [2.24, 2.45) is 11.8 Å².